The highest BCUT2D eigenvalue weighted by atomic mass is 127. The summed E-state index contributed by atoms with van der Waals surface area (Å²) in [7, 11) is 1.79. The Hall–Kier alpha value is -1.68. The lowest BCUT2D eigenvalue weighted by molar-refractivity contribution is 0.695. The molecule has 1 unspecified atom stereocenters. The average Bonchev–Trinajstić information content (AvgIpc) is 3.28. The third-order valence-electron chi connectivity index (χ3n) is 3.94. The van der Waals surface area contributed by atoms with Gasteiger partial charge < -0.3 is 10.6 Å². The highest BCUT2D eigenvalue weighted by molar-refractivity contribution is 14.0. The molecule has 2 N–H and O–H groups in total. The molecular weight excluding hydrogens is 447 g/mol. The zero-order valence-corrected chi connectivity index (χ0v) is 17.5. The molecule has 0 amide bonds. The Labute approximate surface area is 168 Å². The Morgan fingerprint density at radius 3 is 2.92 bits per heavy atom. The van der Waals surface area contributed by atoms with Crippen molar-refractivity contribution < 1.29 is 0 Å². The summed E-state index contributed by atoms with van der Waals surface area (Å²) in [5.74, 6) is 2.21. The van der Waals surface area contributed by atoms with Gasteiger partial charge in [-0.25, -0.2) is 0 Å². The molecule has 0 radical (unpaired) electrons. The van der Waals surface area contributed by atoms with E-state index in [9.17, 15) is 0 Å². The Balaban J connectivity index is 0.00000225. The van der Waals surface area contributed by atoms with E-state index >= 15 is 0 Å². The van der Waals surface area contributed by atoms with Crippen LogP contribution in [0.1, 0.15) is 24.2 Å². The molecule has 0 saturated heterocycles. The molecule has 6 nitrogen and oxygen atoms in total. The monoisotopic (exact) mass is 470 g/mol. The quantitative estimate of drug-likeness (QED) is 0.331. The molecule has 0 aliphatic rings. The smallest absolute Gasteiger partial charge is 0.191 e. The third-order valence-corrected chi connectivity index (χ3v) is 4.64. The highest BCUT2D eigenvalue weighted by Crippen LogP contribution is 2.16. The number of halogens is 1. The Bertz CT molecular complexity index is 798. The van der Waals surface area contributed by atoms with Crippen molar-refractivity contribution in [2.24, 2.45) is 4.99 Å². The Kier molecular flexibility index (Phi) is 7.63. The van der Waals surface area contributed by atoms with E-state index < -0.39 is 0 Å². The first-order valence-corrected chi connectivity index (χ1v) is 8.97. The van der Waals surface area contributed by atoms with Gasteiger partial charge in [-0.05, 0) is 40.4 Å². The van der Waals surface area contributed by atoms with E-state index in [2.05, 4.69) is 49.6 Å². The molecule has 0 spiro atoms. The Morgan fingerprint density at radius 1 is 1.28 bits per heavy atom. The van der Waals surface area contributed by atoms with E-state index in [1.807, 2.05) is 28.8 Å². The average molecular weight is 470 g/mol. The van der Waals surface area contributed by atoms with Crippen molar-refractivity contribution in [3.8, 4) is 0 Å². The van der Waals surface area contributed by atoms with Gasteiger partial charge in [0.25, 0.3) is 0 Å². The fraction of sp³-hybridized carbons (Fsp3) is 0.353. The Morgan fingerprint density at radius 2 is 2.16 bits per heavy atom. The zero-order chi connectivity index (χ0) is 16.8. The summed E-state index contributed by atoms with van der Waals surface area (Å²) >= 11 is 1.73. The standard InChI is InChI=1S/C17H22N6S.HI/c1-13(14-7-10-24-12-14)11-20-17(18-2)19-8-6-16-22-21-15-5-3-4-9-23(15)16;/h3-5,7,9-10,12-13H,6,8,11H2,1-2H3,(H2,18,19,20);1H. The van der Waals surface area contributed by atoms with Gasteiger partial charge in [-0.1, -0.05) is 13.0 Å². The second-order valence-corrected chi connectivity index (χ2v) is 6.41. The number of fused-ring (bicyclic) bond motifs is 1. The lowest BCUT2D eigenvalue weighted by Crippen LogP contribution is -2.40. The first-order valence-electron chi connectivity index (χ1n) is 8.03. The van der Waals surface area contributed by atoms with E-state index in [1.165, 1.54) is 5.56 Å². The highest BCUT2D eigenvalue weighted by Gasteiger charge is 2.08. The fourth-order valence-corrected chi connectivity index (χ4v) is 3.28. The van der Waals surface area contributed by atoms with Crippen LogP contribution in [0.2, 0.25) is 0 Å². The van der Waals surface area contributed by atoms with E-state index in [0.29, 0.717) is 5.92 Å². The number of hydrogen-bond donors (Lipinski definition) is 2. The topological polar surface area (TPSA) is 66.6 Å². The molecule has 3 aromatic heterocycles. The van der Waals surface area contributed by atoms with Gasteiger partial charge in [0.15, 0.2) is 11.6 Å². The van der Waals surface area contributed by atoms with Gasteiger partial charge in [0, 0.05) is 32.8 Å². The van der Waals surface area contributed by atoms with Crippen LogP contribution < -0.4 is 10.6 Å². The molecular formula is C17H23IN6S. The van der Waals surface area contributed by atoms with Crippen molar-refractivity contribution in [3.05, 3.63) is 52.6 Å². The molecule has 3 rings (SSSR count). The van der Waals surface area contributed by atoms with Gasteiger partial charge in [-0.2, -0.15) is 11.3 Å². The van der Waals surface area contributed by atoms with Crippen LogP contribution in [0, 0.1) is 0 Å². The molecule has 3 aromatic rings. The minimum absolute atomic E-state index is 0. The summed E-state index contributed by atoms with van der Waals surface area (Å²) in [6.07, 6.45) is 2.77. The molecule has 3 heterocycles. The van der Waals surface area contributed by atoms with E-state index in [1.54, 1.807) is 18.4 Å². The van der Waals surface area contributed by atoms with Gasteiger partial charge in [-0.15, -0.1) is 34.2 Å². The van der Waals surface area contributed by atoms with E-state index in [4.69, 9.17) is 0 Å². The van der Waals surface area contributed by atoms with Crippen LogP contribution in [0.5, 0.6) is 0 Å². The molecule has 0 aliphatic carbocycles. The number of nitrogens with zero attached hydrogens (tertiary/aromatic N) is 4. The lowest BCUT2D eigenvalue weighted by atomic mass is 10.1. The molecule has 0 saturated carbocycles. The van der Waals surface area contributed by atoms with Crippen LogP contribution in [-0.4, -0.2) is 40.7 Å². The van der Waals surface area contributed by atoms with Gasteiger partial charge in [0.2, 0.25) is 0 Å². The molecule has 0 bridgehead atoms. The number of pyridine rings is 1. The van der Waals surface area contributed by atoms with Crippen LogP contribution in [0.25, 0.3) is 5.65 Å². The zero-order valence-electron chi connectivity index (χ0n) is 14.3. The predicted octanol–water partition coefficient (Wildman–Crippen LogP) is 2.92. The molecule has 0 aliphatic heterocycles. The first-order chi connectivity index (χ1) is 11.8. The number of nitrogens with one attached hydrogen (secondary N) is 2. The molecule has 1 atom stereocenters. The van der Waals surface area contributed by atoms with Gasteiger partial charge in [0.1, 0.15) is 5.82 Å². The van der Waals surface area contributed by atoms with Crippen LogP contribution in [0.3, 0.4) is 0 Å². The first kappa shape index (κ1) is 19.6. The number of thiophene rings is 1. The summed E-state index contributed by atoms with van der Waals surface area (Å²) in [6.45, 7) is 3.82. The molecule has 0 aromatic carbocycles. The van der Waals surface area contributed by atoms with E-state index in [0.717, 1.165) is 36.9 Å². The normalized spacial score (nSPS) is 12.6. The van der Waals surface area contributed by atoms with Crippen LogP contribution in [0.15, 0.2) is 46.2 Å². The van der Waals surface area contributed by atoms with Crippen LogP contribution in [-0.2, 0) is 6.42 Å². The second-order valence-electron chi connectivity index (χ2n) is 5.63. The largest absolute Gasteiger partial charge is 0.356 e. The van der Waals surface area contributed by atoms with Gasteiger partial charge >= 0.3 is 0 Å². The van der Waals surface area contributed by atoms with Crippen molar-refractivity contribution in [3.63, 3.8) is 0 Å². The summed E-state index contributed by atoms with van der Waals surface area (Å²) < 4.78 is 2.01. The van der Waals surface area contributed by atoms with Crippen molar-refractivity contribution in [1.82, 2.24) is 25.2 Å². The minimum atomic E-state index is 0. The molecule has 8 heteroatoms. The second kappa shape index (κ2) is 9.71. The maximum atomic E-state index is 4.28. The number of aliphatic imine (C=N–C) groups is 1. The summed E-state index contributed by atoms with van der Waals surface area (Å²) in [5, 5.41) is 19.4. The number of hydrogen-bond acceptors (Lipinski definition) is 4. The van der Waals surface area contributed by atoms with Crippen LogP contribution >= 0.6 is 35.3 Å². The number of guanidine groups is 1. The summed E-state index contributed by atoms with van der Waals surface area (Å²) in [4.78, 5) is 4.28. The summed E-state index contributed by atoms with van der Waals surface area (Å²) in [6, 6.07) is 8.08. The maximum Gasteiger partial charge on any atom is 0.191 e. The van der Waals surface area contributed by atoms with Crippen molar-refractivity contribution >= 4 is 46.9 Å². The molecule has 25 heavy (non-hydrogen) atoms. The predicted molar refractivity (Wildman–Crippen MR) is 114 cm³/mol. The van der Waals surface area contributed by atoms with Crippen molar-refractivity contribution in [2.75, 3.05) is 20.1 Å². The maximum absolute atomic E-state index is 4.28. The van der Waals surface area contributed by atoms with Gasteiger partial charge in [0.05, 0.1) is 0 Å². The number of aromatic nitrogens is 3. The van der Waals surface area contributed by atoms with Crippen LogP contribution in [0.4, 0.5) is 0 Å². The molecule has 134 valence electrons. The third kappa shape index (κ3) is 5.15. The molecule has 0 fully saturated rings. The van der Waals surface area contributed by atoms with Crippen molar-refractivity contribution in [1.29, 1.82) is 0 Å². The number of rotatable bonds is 6. The minimum Gasteiger partial charge on any atom is -0.356 e. The SMILES string of the molecule is CN=C(NCCc1nnc2ccccn12)NCC(C)c1ccsc1.I. The fourth-order valence-electron chi connectivity index (χ4n) is 2.50. The van der Waals surface area contributed by atoms with E-state index in [-0.39, 0.29) is 24.0 Å². The van der Waals surface area contributed by atoms with Gasteiger partial charge in [-0.3, -0.25) is 9.39 Å². The van der Waals surface area contributed by atoms with Crippen molar-refractivity contribution in [2.45, 2.75) is 19.3 Å². The lowest BCUT2D eigenvalue weighted by Gasteiger charge is -2.15. The summed E-state index contributed by atoms with van der Waals surface area (Å²) in [5.41, 5.74) is 2.23.